The van der Waals surface area contributed by atoms with Gasteiger partial charge in [-0.05, 0) is 37.0 Å². The first-order valence-electron chi connectivity index (χ1n) is 12.5. The fourth-order valence-corrected chi connectivity index (χ4v) is 6.33. The molecule has 8 heteroatoms. The van der Waals surface area contributed by atoms with E-state index in [1.807, 2.05) is 0 Å². The van der Waals surface area contributed by atoms with Crippen LogP contribution in [0.1, 0.15) is 97.3 Å². The van der Waals surface area contributed by atoms with Gasteiger partial charge in [-0.25, -0.2) is 8.42 Å². The van der Waals surface area contributed by atoms with Gasteiger partial charge in [-0.15, -0.1) is 0 Å². The standard InChI is InChI=1S/C25H40ClN3O3S/c1-3-5-7-9-10-12-14-20(13-11-8-6-4-2)19-33(31,32)21-15-16-23(22(26)17-21)29-25(30)18-24(27)28-29/h15-17,20H,3-14,18-19H2,1-2H3,(H2,27,28)/t20-/m1/s1. The SMILES string of the molecule is CCCCCCCC[C@@H](CCCCCC)CS(=O)(=O)c1ccc(N2N=C(N)CC2=O)c(Cl)c1. The lowest BCUT2D eigenvalue weighted by atomic mass is 9.96. The van der Waals surface area contributed by atoms with Gasteiger partial charge < -0.3 is 5.73 Å². The molecule has 0 aliphatic carbocycles. The van der Waals surface area contributed by atoms with E-state index in [-0.39, 0.29) is 39.8 Å². The van der Waals surface area contributed by atoms with Crippen LogP contribution in [0.5, 0.6) is 0 Å². The second kappa shape index (κ2) is 14.0. The van der Waals surface area contributed by atoms with Crippen LogP contribution in [-0.4, -0.2) is 25.9 Å². The average Bonchev–Trinajstić information content (AvgIpc) is 3.10. The second-order valence-electron chi connectivity index (χ2n) is 9.14. The number of unbranched alkanes of at least 4 members (excludes halogenated alkanes) is 8. The molecule has 0 unspecified atom stereocenters. The molecule has 0 fully saturated rings. The average molecular weight is 498 g/mol. The molecule has 1 heterocycles. The zero-order valence-corrected chi connectivity index (χ0v) is 21.8. The zero-order chi connectivity index (χ0) is 24.3. The molecule has 1 atom stereocenters. The summed E-state index contributed by atoms with van der Waals surface area (Å²) in [6.45, 7) is 4.39. The summed E-state index contributed by atoms with van der Waals surface area (Å²) in [7, 11) is -3.49. The van der Waals surface area contributed by atoms with E-state index < -0.39 is 9.84 Å². The highest BCUT2D eigenvalue weighted by molar-refractivity contribution is 7.91. The molecule has 2 rings (SSSR count). The molecule has 0 bridgehead atoms. The number of carbonyl (C=O) groups is 1. The molecule has 0 saturated carbocycles. The maximum absolute atomic E-state index is 13.2. The molecule has 1 aromatic carbocycles. The van der Waals surface area contributed by atoms with Gasteiger partial charge in [0.1, 0.15) is 5.84 Å². The maximum Gasteiger partial charge on any atom is 0.255 e. The van der Waals surface area contributed by atoms with Crippen LogP contribution in [0.15, 0.2) is 28.2 Å². The van der Waals surface area contributed by atoms with Crippen molar-refractivity contribution in [2.24, 2.45) is 16.8 Å². The Morgan fingerprint density at radius 3 is 2.12 bits per heavy atom. The predicted molar refractivity (Wildman–Crippen MR) is 137 cm³/mol. The van der Waals surface area contributed by atoms with Crippen LogP contribution in [0.4, 0.5) is 5.69 Å². The molecule has 1 aliphatic heterocycles. The van der Waals surface area contributed by atoms with Crippen LogP contribution in [-0.2, 0) is 14.6 Å². The van der Waals surface area contributed by atoms with Crippen molar-refractivity contribution in [3.8, 4) is 0 Å². The number of amides is 1. The third-order valence-corrected chi connectivity index (χ3v) is 8.38. The van der Waals surface area contributed by atoms with Crippen LogP contribution in [0.25, 0.3) is 0 Å². The van der Waals surface area contributed by atoms with E-state index in [9.17, 15) is 13.2 Å². The topological polar surface area (TPSA) is 92.8 Å². The number of amidine groups is 1. The molecule has 33 heavy (non-hydrogen) atoms. The second-order valence-corrected chi connectivity index (χ2v) is 11.6. The molecular formula is C25H40ClN3O3S. The van der Waals surface area contributed by atoms with Crippen LogP contribution in [0.3, 0.4) is 0 Å². The van der Waals surface area contributed by atoms with Crippen LogP contribution < -0.4 is 10.7 Å². The molecule has 2 N–H and O–H groups in total. The Hall–Kier alpha value is -1.60. The fourth-order valence-electron chi connectivity index (χ4n) is 4.28. The summed E-state index contributed by atoms with van der Waals surface area (Å²) in [5, 5.41) is 5.32. The van der Waals surface area contributed by atoms with Crippen molar-refractivity contribution in [1.82, 2.24) is 0 Å². The summed E-state index contributed by atoms with van der Waals surface area (Å²) in [5.41, 5.74) is 5.99. The third kappa shape index (κ3) is 8.93. The first-order chi connectivity index (χ1) is 15.8. The Kier molecular flexibility index (Phi) is 11.7. The molecule has 6 nitrogen and oxygen atoms in total. The van der Waals surface area contributed by atoms with Crippen LogP contribution >= 0.6 is 11.6 Å². The summed E-state index contributed by atoms with van der Waals surface area (Å²) < 4.78 is 26.4. The summed E-state index contributed by atoms with van der Waals surface area (Å²) in [5.74, 6) is 0.225. The van der Waals surface area contributed by atoms with E-state index in [0.29, 0.717) is 5.69 Å². The number of hydrogen-bond donors (Lipinski definition) is 1. The van der Waals surface area contributed by atoms with Crippen LogP contribution in [0.2, 0.25) is 5.02 Å². The summed E-state index contributed by atoms with van der Waals surface area (Å²) in [4.78, 5) is 12.2. The van der Waals surface area contributed by atoms with Crippen molar-refractivity contribution in [3.05, 3.63) is 23.2 Å². The number of nitrogens with zero attached hydrogens (tertiary/aromatic N) is 2. The summed E-state index contributed by atoms with van der Waals surface area (Å²) >= 11 is 6.36. The Balaban J connectivity index is 2.05. The van der Waals surface area contributed by atoms with Gasteiger partial charge in [0.2, 0.25) is 0 Å². The van der Waals surface area contributed by atoms with Crippen LogP contribution in [0, 0.1) is 5.92 Å². The monoisotopic (exact) mass is 497 g/mol. The number of anilines is 1. The normalized spacial score (nSPS) is 15.2. The molecule has 1 amide bonds. The van der Waals surface area contributed by atoms with E-state index >= 15 is 0 Å². The van der Waals surface area contributed by atoms with Gasteiger partial charge in [0, 0.05) is 0 Å². The van der Waals surface area contributed by atoms with Crippen molar-refractivity contribution in [1.29, 1.82) is 0 Å². The Bertz CT molecular complexity index is 902. The number of hydrogen-bond acceptors (Lipinski definition) is 5. The lowest BCUT2D eigenvalue weighted by Gasteiger charge is -2.18. The Labute approximate surface area is 204 Å². The first kappa shape index (κ1) is 27.6. The maximum atomic E-state index is 13.2. The predicted octanol–water partition coefficient (Wildman–Crippen LogP) is 6.46. The quantitative estimate of drug-likeness (QED) is 0.265. The number of nitrogens with two attached hydrogens (primary N) is 1. The van der Waals surface area contributed by atoms with E-state index in [4.69, 9.17) is 17.3 Å². The smallest absolute Gasteiger partial charge is 0.255 e. The van der Waals surface area contributed by atoms with Crippen molar-refractivity contribution < 1.29 is 13.2 Å². The minimum Gasteiger partial charge on any atom is -0.385 e. The van der Waals surface area contributed by atoms with Gasteiger partial charge in [0.05, 0.1) is 27.8 Å². The number of hydrazone groups is 1. The molecule has 186 valence electrons. The minimum atomic E-state index is -3.49. The molecular weight excluding hydrogens is 458 g/mol. The Morgan fingerprint density at radius 2 is 1.58 bits per heavy atom. The van der Waals surface area contributed by atoms with Crippen molar-refractivity contribution in [2.45, 2.75) is 102 Å². The van der Waals surface area contributed by atoms with Gasteiger partial charge in [0.15, 0.2) is 9.84 Å². The zero-order valence-electron chi connectivity index (χ0n) is 20.2. The minimum absolute atomic E-state index is 0.0362. The van der Waals surface area contributed by atoms with Crippen molar-refractivity contribution in [3.63, 3.8) is 0 Å². The van der Waals surface area contributed by atoms with Gasteiger partial charge in [0.25, 0.3) is 5.91 Å². The number of sulfone groups is 1. The summed E-state index contributed by atoms with van der Waals surface area (Å²) in [6, 6.07) is 4.49. The van der Waals surface area contributed by atoms with E-state index in [2.05, 4.69) is 18.9 Å². The van der Waals surface area contributed by atoms with Gasteiger partial charge in [-0.1, -0.05) is 89.7 Å². The van der Waals surface area contributed by atoms with Gasteiger partial charge >= 0.3 is 0 Å². The van der Waals surface area contributed by atoms with E-state index in [0.717, 1.165) is 37.1 Å². The highest BCUT2D eigenvalue weighted by Crippen LogP contribution is 2.32. The largest absolute Gasteiger partial charge is 0.385 e. The first-order valence-corrected chi connectivity index (χ1v) is 14.5. The third-order valence-electron chi connectivity index (χ3n) is 6.19. The van der Waals surface area contributed by atoms with Gasteiger partial charge in [-0.3, -0.25) is 4.79 Å². The number of carbonyl (C=O) groups excluding carboxylic acids is 1. The molecule has 1 aromatic rings. The number of rotatable bonds is 16. The lowest BCUT2D eigenvalue weighted by Crippen LogP contribution is -2.20. The van der Waals surface area contributed by atoms with E-state index in [1.165, 1.54) is 57.1 Å². The van der Waals surface area contributed by atoms with Gasteiger partial charge in [-0.2, -0.15) is 10.1 Å². The van der Waals surface area contributed by atoms with Crippen molar-refractivity contribution in [2.75, 3.05) is 10.8 Å². The molecule has 0 spiro atoms. The molecule has 0 radical (unpaired) electrons. The Morgan fingerprint density at radius 1 is 1.00 bits per heavy atom. The highest BCUT2D eigenvalue weighted by Gasteiger charge is 2.27. The number of halogens is 1. The summed E-state index contributed by atoms with van der Waals surface area (Å²) in [6.07, 6.45) is 13.7. The highest BCUT2D eigenvalue weighted by atomic mass is 35.5. The fraction of sp³-hybridized carbons (Fsp3) is 0.680. The molecule has 0 aromatic heterocycles. The molecule has 0 saturated heterocycles. The van der Waals surface area contributed by atoms with E-state index in [1.54, 1.807) is 6.07 Å². The molecule has 1 aliphatic rings. The van der Waals surface area contributed by atoms with Crippen molar-refractivity contribution >= 4 is 38.9 Å². The lowest BCUT2D eigenvalue weighted by molar-refractivity contribution is -0.116. The number of benzene rings is 1.